The molecule has 4 nitrogen and oxygen atoms in total. The molecule has 2 rings (SSSR count). The summed E-state index contributed by atoms with van der Waals surface area (Å²) in [5, 5.41) is 2.94. The van der Waals surface area contributed by atoms with Crippen LogP contribution in [0.1, 0.15) is 15.9 Å². The number of nitrogens with two attached hydrogens (primary N) is 1. The van der Waals surface area contributed by atoms with E-state index in [-0.39, 0.29) is 5.82 Å². The van der Waals surface area contributed by atoms with E-state index >= 15 is 0 Å². The van der Waals surface area contributed by atoms with E-state index in [4.69, 9.17) is 10.5 Å². The second kappa shape index (κ2) is 6.06. The van der Waals surface area contributed by atoms with Gasteiger partial charge in [0.2, 0.25) is 5.91 Å². The van der Waals surface area contributed by atoms with Crippen LogP contribution in [0.25, 0.3) is 0 Å². The van der Waals surface area contributed by atoms with E-state index in [1.165, 1.54) is 19.2 Å². The van der Waals surface area contributed by atoms with E-state index in [9.17, 15) is 9.18 Å². The van der Waals surface area contributed by atoms with Crippen molar-refractivity contribution in [2.45, 2.75) is 6.54 Å². The molecule has 0 saturated heterocycles. The Kier molecular flexibility index (Phi) is 4.20. The van der Waals surface area contributed by atoms with Gasteiger partial charge < -0.3 is 15.8 Å². The van der Waals surface area contributed by atoms with E-state index < -0.39 is 5.91 Å². The Morgan fingerprint density at radius 1 is 1.30 bits per heavy atom. The Labute approximate surface area is 116 Å². The third-order valence-electron chi connectivity index (χ3n) is 2.93. The number of hydrogen-bond acceptors (Lipinski definition) is 3. The minimum Gasteiger partial charge on any atom is -0.497 e. The number of rotatable bonds is 5. The molecule has 0 radical (unpaired) electrons. The molecule has 5 heteroatoms. The summed E-state index contributed by atoms with van der Waals surface area (Å²) in [4.78, 5) is 11.3. The Morgan fingerprint density at radius 3 is 2.75 bits per heavy atom. The molecule has 0 aromatic heterocycles. The standard InChI is InChI=1S/C15H15FN2O2/c1-20-11-6-7-13(16)14(8-11)18-9-10-4-2-3-5-12(10)15(17)19/h2-8,18H,9H2,1H3,(H2,17,19). The molecule has 0 heterocycles. The highest BCUT2D eigenvalue weighted by Gasteiger charge is 2.08. The molecule has 0 aliphatic heterocycles. The molecule has 0 saturated carbocycles. The molecular formula is C15H15FN2O2. The zero-order chi connectivity index (χ0) is 14.5. The molecule has 2 aromatic rings. The number of benzene rings is 2. The molecule has 0 spiro atoms. The van der Waals surface area contributed by atoms with E-state index in [2.05, 4.69) is 5.32 Å². The minimum absolute atomic E-state index is 0.295. The van der Waals surface area contributed by atoms with Crippen molar-refractivity contribution in [3.05, 3.63) is 59.4 Å². The van der Waals surface area contributed by atoms with Gasteiger partial charge in [0, 0.05) is 18.2 Å². The van der Waals surface area contributed by atoms with Crippen LogP contribution in [-0.2, 0) is 6.54 Å². The highest BCUT2D eigenvalue weighted by atomic mass is 19.1. The second-order valence-electron chi connectivity index (χ2n) is 4.22. The molecule has 104 valence electrons. The topological polar surface area (TPSA) is 64.3 Å². The predicted octanol–water partition coefficient (Wildman–Crippen LogP) is 2.55. The van der Waals surface area contributed by atoms with Crippen molar-refractivity contribution in [3.63, 3.8) is 0 Å². The molecule has 20 heavy (non-hydrogen) atoms. The van der Waals surface area contributed by atoms with Gasteiger partial charge in [-0.05, 0) is 23.8 Å². The SMILES string of the molecule is COc1ccc(F)c(NCc2ccccc2C(N)=O)c1. The van der Waals surface area contributed by atoms with E-state index in [1.807, 2.05) is 0 Å². The van der Waals surface area contributed by atoms with Crippen LogP contribution in [0.5, 0.6) is 5.75 Å². The summed E-state index contributed by atoms with van der Waals surface area (Å²) in [6.45, 7) is 0.295. The van der Waals surface area contributed by atoms with E-state index in [0.717, 1.165) is 0 Å². The number of ether oxygens (including phenoxy) is 1. The molecule has 0 aliphatic carbocycles. The molecule has 0 unspecified atom stereocenters. The molecular weight excluding hydrogens is 259 g/mol. The lowest BCUT2D eigenvalue weighted by Gasteiger charge is -2.11. The lowest BCUT2D eigenvalue weighted by Crippen LogP contribution is -2.15. The molecule has 1 amide bonds. The van der Waals surface area contributed by atoms with Crippen molar-refractivity contribution < 1.29 is 13.9 Å². The monoisotopic (exact) mass is 274 g/mol. The fourth-order valence-corrected chi connectivity index (χ4v) is 1.87. The van der Waals surface area contributed by atoms with Gasteiger partial charge in [-0.3, -0.25) is 4.79 Å². The van der Waals surface area contributed by atoms with Gasteiger partial charge in [-0.25, -0.2) is 4.39 Å². The first-order valence-corrected chi connectivity index (χ1v) is 6.07. The number of hydrogen-bond donors (Lipinski definition) is 2. The van der Waals surface area contributed by atoms with Crippen molar-refractivity contribution in [1.29, 1.82) is 0 Å². The van der Waals surface area contributed by atoms with Crippen LogP contribution in [0.2, 0.25) is 0 Å². The van der Waals surface area contributed by atoms with Gasteiger partial charge in [-0.2, -0.15) is 0 Å². The van der Waals surface area contributed by atoms with Crippen LogP contribution in [0.3, 0.4) is 0 Å². The number of halogens is 1. The summed E-state index contributed by atoms with van der Waals surface area (Å²) in [6, 6.07) is 11.4. The van der Waals surface area contributed by atoms with Crippen LogP contribution < -0.4 is 15.8 Å². The Morgan fingerprint density at radius 2 is 2.05 bits per heavy atom. The largest absolute Gasteiger partial charge is 0.497 e. The lowest BCUT2D eigenvalue weighted by atomic mass is 10.1. The van der Waals surface area contributed by atoms with Gasteiger partial charge >= 0.3 is 0 Å². The zero-order valence-corrected chi connectivity index (χ0v) is 11.0. The van der Waals surface area contributed by atoms with Crippen molar-refractivity contribution in [3.8, 4) is 5.75 Å². The van der Waals surface area contributed by atoms with Crippen molar-refractivity contribution in [1.82, 2.24) is 0 Å². The normalized spacial score (nSPS) is 10.1. The third kappa shape index (κ3) is 3.06. The first-order chi connectivity index (χ1) is 9.61. The van der Waals surface area contributed by atoms with Gasteiger partial charge in [0.15, 0.2) is 0 Å². The van der Waals surface area contributed by atoms with Crippen molar-refractivity contribution in [2.24, 2.45) is 5.73 Å². The van der Waals surface area contributed by atoms with Gasteiger partial charge in [0.25, 0.3) is 0 Å². The van der Waals surface area contributed by atoms with Crippen LogP contribution >= 0.6 is 0 Å². The van der Waals surface area contributed by atoms with Crippen molar-refractivity contribution >= 4 is 11.6 Å². The highest BCUT2D eigenvalue weighted by molar-refractivity contribution is 5.94. The first kappa shape index (κ1) is 13.9. The number of amides is 1. The number of primary amides is 1. The van der Waals surface area contributed by atoms with Gasteiger partial charge in [-0.1, -0.05) is 18.2 Å². The fraction of sp³-hybridized carbons (Fsp3) is 0.133. The first-order valence-electron chi connectivity index (χ1n) is 6.07. The molecule has 0 atom stereocenters. The van der Waals surface area contributed by atoms with Crippen LogP contribution in [0, 0.1) is 5.82 Å². The smallest absolute Gasteiger partial charge is 0.249 e. The second-order valence-corrected chi connectivity index (χ2v) is 4.22. The average molecular weight is 274 g/mol. The predicted molar refractivity (Wildman–Crippen MR) is 75.2 cm³/mol. The number of carbonyl (C=O) groups excluding carboxylic acids is 1. The number of carbonyl (C=O) groups is 1. The highest BCUT2D eigenvalue weighted by Crippen LogP contribution is 2.22. The molecule has 0 aliphatic rings. The Hall–Kier alpha value is -2.56. The molecule has 2 aromatic carbocycles. The minimum atomic E-state index is -0.506. The van der Waals surface area contributed by atoms with Crippen LogP contribution in [-0.4, -0.2) is 13.0 Å². The maximum atomic E-state index is 13.7. The van der Waals surface area contributed by atoms with Crippen LogP contribution in [0.15, 0.2) is 42.5 Å². The Bertz CT molecular complexity index is 629. The molecule has 0 fully saturated rings. The number of anilines is 1. The Balaban J connectivity index is 2.19. The van der Waals surface area contributed by atoms with Gasteiger partial charge in [-0.15, -0.1) is 0 Å². The van der Waals surface area contributed by atoms with Gasteiger partial charge in [0.1, 0.15) is 11.6 Å². The summed E-state index contributed by atoms with van der Waals surface area (Å²) >= 11 is 0. The van der Waals surface area contributed by atoms with Gasteiger partial charge in [0.05, 0.1) is 12.8 Å². The number of nitrogens with one attached hydrogen (secondary N) is 1. The number of methoxy groups -OCH3 is 1. The van der Waals surface area contributed by atoms with E-state index in [0.29, 0.717) is 29.1 Å². The summed E-state index contributed by atoms with van der Waals surface area (Å²) in [6.07, 6.45) is 0. The zero-order valence-electron chi connectivity index (χ0n) is 11.0. The fourth-order valence-electron chi connectivity index (χ4n) is 1.87. The van der Waals surface area contributed by atoms with Crippen LogP contribution in [0.4, 0.5) is 10.1 Å². The summed E-state index contributed by atoms with van der Waals surface area (Å²) in [5.41, 5.74) is 6.74. The molecule has 3 N–H and O–H groups in total. The summed E-state index contributed by atoms with van der Waals surface area (Å²) < 4.78 is 18.7. The quantitative estimate of drug-likeness (QED) is 0.880. The van der Waals surface area contributed by atoms with E-state index in [1.54, 1.807) is 30.3 Å². The third-order valence-corrected chi connectivity index (χ3v) is 2.93. The average Bonchev–Trinajstić information content (AvgIpc) is 2.46. The summed E-state index contributed by atoms with van der Waals surface area (Å²) in [5.74, 6) is -0.340. The maximum Gasteiger partial charge on any atom is 0.249 e. The maximum absolute atomic E-state index is 13.7. The summed E-state index contributed by atoms with van der Waals surface area (Å²) in [7, 11) is 1.51. The lowest BCUT2D eigenvalue weighted by molar-refractivity contribution is 0.0999. The molecule has 0 bridgehead atoms. The van der Waals surface area contributed by atoms with Crippen molar-refractivity contribution in [2.75, 3.05) is 12.4 Å².